The van der Waals surface area contributed by atoms with Crippen LogP contribution < -0.4 is 5.73 Å². The van der Waals surface area contributed by atoms with Crippen LogP contribution >= 0.6 is 7.82 Å². The van der Waals surface area contributed by atoms with Gasteiger partial charge in [0.25, 0.3) is 0 Å². The van der Waals surface area contributed by atoms with Crippen molar-refractivity contribution in [2.75, 3.05) is 26.4 Å². The van der Waals surface area contributed by atoms with Gasteiger partial charge in [-0.05, 0) is 83.5 Å². The Morgan fingerprint density at radius 2 is 0.965 bits per heavy atom. The third kappa shape index (κ3) is 42.9. The molecule has 0 aliphatic rings. The minimum absolute atomic E-state index is 0.0456. The highest BCUT2D eigenvalue weighted by atomic mass is 31.2. The van der Waals surface area contributed by atoms with Crippen LogP contribution in [0, 0.1) is 0 Å². The third-order valence-electron chi connectivity index (χ3n) is 9.08. The largest absolute Gasteiger partial charge is 0.472 e. The summed E-state index contributed by atoms with van der Waals surface area (Å²) in [6.45, 7) is 3.55. The standard InChI is InChI=1S/C47H82NO8P/c1-3-5-7-9-11-13-15-17-19-21-22-24-26-28-30-32-34-36-38-40-47(50)56-45(44-55-57(51,52)54-42-41-48)43-53-46(49)39-37-35-33-31-29-27-25-23-20-18-16-14-12-10-8-6-4-2/h6,8,11-14,17-20,25,27,45H,3-5,7,9-10,15-16,21-24,26,28-44,48H2,1-2H3,(H,51,52)/b8-6-,13-11-,14-12-,19-17-,20-18-,27-25-/t45-/m1/s1. The number of hydrogen-bond donors (Lipinski definition) is 2. The van der Waals surface area contributed by atoms with Crippen molar-refractivity contribution < 1.29 is 37.6 Å². The molecule has 0 fully saturated rings. The summed E-state index contributed by atoms with van der Waals surface area (Å²) >= 11 is 0. The van der Waals surface area contributed by atoms with Crippen molar-refractivity contribution in [1.82, 2.24) is 0 Å². The van der Waals surface area contributed by atoms with E-state index in [4.69, 9.17) is 24.3 Å². The number of phosphoric acid groups is 1. The van der Waals surface area contributed by atoms with Gasteiger partial charge >= 0.3 is 19.8 Å². The molecule has 3 N–H and O–H groups in total. The van der Waals surface area contributed by atoms with E-state index in [0.29, 0.717) is 12.8 Å². The van der Waals surface area contributed by atoms with E-state index in [9.17, 15) is 19.0 Å². The number of allylic oxidation sites excluding steroid dienone is 12. The van der Waals surface area contributed by atoms with Gasteiger partial charge in [-0.2, -0.15) is 0 Å². The number of unbranched alkanes of at least 4 members (excludes halogenated alkanes) is 16. The lowest BCUT2D eigenvalue weighted by Crippen LogP contribution is -2.29. The molecule has 57 heavy (non-hydrogen) atoms. The highest BCUT2D eigenvalue weighted by Crippen LogP contribution is 2.43. The molecule has 2 atom stereocenters. The maximum atomic E-state index is 12.6. The Balaban J connectivity index is 4.19. The van der Waals surface area contributed by atoms with Crippen LogP contribution in [0.3, 0.4) is 0 Å². The summed E-state index contributed by atoms with van der Waals surface area (Å²) < 4.78 is 32.8. The number of hydrogen-bond acceptors (Lipinski definition) is 8. The number of ether oxygens (including phenoxy) is 2. The Labute approximate surface area is 348 Å². The fourth-order valence-electron chi connectivity index (χ4n) is 5.77. The van der Waals surface area contributed by atoms with Crippen molar-refractivity contribution in [3.05, 3.63) is 72.9 Å². The van der Waals surface area contributed by atoms with Gasteiger partial charge in [0.15, 0.2) is 6.10 Å². The lowest BCUT2D eigenvalue weighted by atomic mass is 10.1. The van der Waals surface area contributed by atoms with Crippen LogP contribution in [0.4, 0.5) is 0 Å². The van der Waals surface area contributed by atoms with Crippen LogP contribution in [0.15, 0.2) is 72.9 Å². The summed E-state index contributed by atoms with van der Waals surface area (Å²) in [4.78, 5) is 34.9. The van der Waals surface area contributed by atoms with Crippen LogP contribution in [-0.2, 0) is 32.7 Å². The van der Waals surface area contributed by atoms with E-state index in [1.165, 1.54) is 57.8 Å². The van der Waals surface area contributed by atoms with Crippen LogP contribution in [0.1, 0.15) is 181 Å². The molecule has 10 heteroatoms. The molecule has 1 unspecified atom stereocenters. The van der Waals surface area contributed by atoms with Crippen molar-refractivity contribution >= 4 is 19.8 Å². The van der Waals surface area contributed by atoms with Crippen LogP contribution in [-0.4, -0.2) is 49.3 Å². The Morgan fingerprint density at radius 3 is 1.44 bits per heavy atom. The second-order valence-electron chi connectivity index (χ2n) is 14.5. The van der Waals surface area contributed by atoms with Gasteiger partial charge in [-0.3, -0.25) is 18.6 Å². The first-order valence-corrected chi connectivity index (χ1v) is 23.9. The molecule has 0 aromatic rings. The van der Waals surface area contributed by atoms with E-state index in [1.807, 2.05) is 0 Å². The van der Waals surface area contributed by atoms with Gasteiger partial charge in [0.05, 0.1) is 13.2 Å². The summed E-state index contributed by atoms with van der Waals surface area (Å²) in [7, 11) is -4.39. The first-order chi connectivity index (χ1) is 27.8. The van der Waals surface area contributed by atoms with Gasteiger partial charge < -0.3 is 20.1 Å². The number of nitrogens with two attached hydrogens (primary N) is 1. The number of phosphoric ester groups is 1. The molecule has 0 aliphatic heterocycles. The zero-order chi connectivity index (χ0) is 41.8. The molecule has 0 amide bonds. The topological polar surface area (TPSA) is 134 Å². The second kappa shape index (κ2) is 43.0. The smallest absolute Gasteiger partial charge is 0.462 e. The van der Waals surface area contributed by atoms with E-state index in [2.05, 4.69) is 86.8 Å². The van der Waals surface area contributed by atoms with Gasteiger partial charge in [-0.15, -0.1) is 0 Å². The van der Waals surface area contributed by atoms with Crippen molar-refractivity contribution in [1.29, 1.82) is 0 Å². The quantitative estimate of drug-likeness (QED) is 0.0267. The zero-order valence-corrected chi connectivity index (χ0v) is 36.9. The number of esters is 2. The maximum absolute atomic E-state index is 12.6. The van der Waals surface area contributed by atoms with Crippen molar-refractivity contribution in [3.63, 3.8) is 0 Å². The lowest BCUT2D eigenvalue weighted by molar-refractivity contribution is -0.161. The molecule has 0 heterocycles. The van der Waals surface area contributed by atoms with Gasteiger partial charge in [0.1, 0.15) is 6.61 Å². The summed E-state index contributed by atoms with van der Waals surface area (Å²) in [6, 6.07) is 0. The van der Waals surface area contributed by atoms with Crippen molar-refractivity contribution in [3.8, 4) is 0 Å². The highest BCUT2D eigenvalue weighted by molar-refractivity contribution is 7.47. The molecular weight excluding hydrogens is 737 g/mol. The predicted octanol–water partition coefficient (Wildman–Crippen LogP) is 13.1. The molecule has 0 radical (unpaired) electrons. The van der Waals surface area contributed by atoms with Crippen LogP contribution in [0.25, 0.3) is 0 Å². The molecule has 0 saturated carbocycles. The summed E-state index contributed by atoms with van der Waals surface area (Å²) in [5.41, 5.74) is 5.35. The average molecular weight is 820 g/mol. The fraction of sp³-hybridized carbons (Fsp3) is 0.702. The Hall–Kier alpha value is -2.55. The number of rotatable bonds is 41. The van der Waals surface area contributed by atoms with E-state index >= 15 is 0 Å². The molecule has 0 aliphatic carbocycles. The SMILES string of the molecule is CC/C=C\C/C=C\C/C=C\C/C=C\CCCCCCC(=O)OC[C@H](COP(=O)(O)OCCN)OC(=O)CCCCCCCCCCC/C=C\C/C=C\CCCCC. The highest BCUT2D eigenvalue weighted by Gasteiger charge is 2.26. The van der Waals surface area contributed by atoms with E-state index in [0.717, 1.165) is 83.5 Å². The molecule has 328 valence electrons. The van der Waals surface area contributed by atoms with Gasteiger partial charge in [0, 0.05) is 19.4 Å². The minimum atomic E-state index is -4.39. The minimum Gasteiger partial charge on any atom is -0.462 e. The Bertz CT molecular complexity index is 1160. The summed E-state index contributed by atoms with van der Waals surface area (Å²) in [5.74, 6) is -0.865. The Kier molecular flexibility index (Phi) is 41.1. The van der Waals surface area contributed by atoms with Crippen LogP contribution in [0.2, 0.25) is 0 Å². The summed E-state index contributed by atoms with van der Waals surface area (Å²) in [5, 5.41) is 0. The third-order valence-corrected chi connectivity index (χ3v) is 10.1. The van der Waals surface area contributed by atoms with E-state index in [1.54, 1.807) is 0 Å². The molecule has 0 rings (SSSR count). The summed E-state index contributed by atoms with van der Waals surface area (Å²) in [6.07, 6.45) is 52.1. The molecule has 0 aromatic carbocycles. The number of carbonyl (C=O) groups is 2. The molecule has 0 saturated heterocycles. The second-order valence-corrected chi connectivity index (χ2v) is 16.0. The fourth-order valence-corrected chi connectivity index (χ4v) is 6.54. The first kappa shape index (κ1) is 54.5. The zero-order valence-electron chi connectivity index (χ0n) is 36.0. The van der Waals surface area contributed by atoms with E-state index in [-0.39, 0.29) is 32.6 Å². The van der Waals surface area contributed by atoms with Gasteiger partial charge in [-0.1, -0.05) is 157 Å². The Morgan fingerprint density at radius 1 is 0.544 bits per heavy atom. The number of carbonyl (C=O) groups excluding carboxylic acids is 2. The molecule has 0 bridgehead atoms. The average Bonchev–Trinajstić information content (AvgIpc) is 3.20. The van der Waals surface area contributed by atoms with Crippen molar-refractivity contribution in [2.45, 2.75) is 187 Å². The van der Waals surface area contributed by atoms with E-state index < -0.39 is 32.5 Å². The van der Waals surface area contributed by atoms with Gasteiger partial charge in [-0.25, -0.2) is 4.57 Å². The lowest BCUT2D eigenvalue weighted by Gasteiger charge is -2.19. The normalized spacial score (nSPS) is 14.0. The molecule has 0 spiro atoms. The van der Waals surface area contributed by atoms with Crippen LogP contribution in [0.5, 0.6) is 0 Å². The molecular formula is C47H82NO8P. The maximum Gasteiger partial charge on any atom is 0.472 e. The predicted molar refractivity (Wildman–Crippen MR) is 238 cm³/mol. The van der Waals surface area contributed by atoms with Gasteiger partial charge in [0.2, 0.25) is 0 Å². The molecule has 9 nitrogen and oxygen atoms in total. The first-order valence-electron chi connectivity index (χ1n) is 22.4. The monoisotopic (exact) mass is 820 g/mol. The van der Waals surface area contributed by atoms with Crippen molar-refractivity contribution in [2.24, 2.45) is 5.73 Å². The molecule has 0 aromatic heterocycles.